The monoisotopic (exact) mass is 279 g/mol. The number of carboxylic acid groups (broad SMARTS) is 1. The van der Waals surface area contributed by atoms with E-state index in [4.69, 9.17) is 9.84 Å². The number of aliphatic carboxylic acids is 1. The highest BCUT2D eigenvalue weighted by Crippen LogP contribution is 2.04. The Morgan fingerprint density at radius 3 is 2.50 bits per heavy atom. The van der Waals surface area contributed by atoms with Gasteiger partial charge in [-0.2, -0.15) is 0 Å². The Bertz CT molecular complexity index is 433. The topological polar surface area (TPSA) is 75.6 Å². The van der Waals surface area contributed by atoms with Gasteiger partial charge in [-0.25, -0.2) is 4.79 Å². The molecule has 0 fully saturated rings. The third-order valence-electron chi connectivity index (χ3n) is 2.90. The van der Waals surface area contributed by atoms with E-state index in [-0.39, 0.29) is 0 Å². The molecule has 1 aromatic carbocycles. The number of carbonyl (C=O) groups excluding carboxylic acids is 1. The average molecular weight is 279 g/mol. The number of nitrogens with one attached hydrogen (secondary N) is 1. The van der Waals surface area contributed by atoms with Crippen LogP contribution in [0.25, 0.3) is 0 Å². The average Bonchev–Trinajstić information content (AvgIpc) is 2.45. The predicted octanol–water partition coefficient (Wildman–Crippen LogP) is 1.96. The van der Waals surface area contributed by atoms with E-state index in [9.17, 15) is 9.59 Å². The standard InChI is InChI=1S/C15H21NO4/c1-3-7-13(15(18)19)16-14(17)11(2)20-10-12-8-5-4-6-9-12/h4-6,8-9,11,13H,3,7,10H2,1-2H3,(H,16,17)(H,18,19)/t11?,13-/m0/s1. The highest BCUT2D eigenvalue weighted by molar-refractivity contribution is 5.86. The fourth-order valence-corrected chi connectivity index (χ4v) is 1.71. The summed E-state index contributed by atoms with van der Waals surface area (Å²) in [5, 5.41) is 11.5. The lowest BCUT2D eigenvalue weighted by Crippen LogP contribution is -2.45. The Morgan fingerprint density at radius 2 is 1.95 bits per heavy atom. The van der Waals surface area contributed by atoms with Crippen LogP contribution in [0, 0.1) is 0 Å². The molecule has 1 unspecified atom stereocenters. The van der Waals surface area contributed by atoms with E-state index in [1.807, 2.05) is 37.3 Å². The molecule has 0 saturated carbocycles. The molecule has 0 aliphatic carbocycles. The van der Waals surface area contributed by atoms with E-state index in [1.54, 1.807) is 6.92 Å². The molecule has 110 valence electrons. The highest BCUT2D eigenvalue weighted by atomic mass is 16.5. The smallest absolute Gasteiger partial charge is 0.326 e. The molecule has 1 amide bonds. The van der Waals surface area contributed by atoms with Crippen LogP contribution >= 0.6 is 0 Å². The molecule has 0 radical (unpaired) electrons. The number of benzene rings is 1. The Morgan fingerprint density at radius 1 is 1.30 bits per heavy atom. The van der Waals surface area contributed by atoms with Gasteiger partial charge in [-0.05, 0) is 18.9 Å². The number of hydrogen-bond acceptors (Lipinski definition) is 3. The van der Waals surface area contributed by atoms with Crippen LogP contribution in [0.2, 0.25) is 0 Å². The maximum atomic E-state index is 11.9. The lowest BCUT2D eigenvalue weighted by Gasteiger charge is -2.17. The van der Waals surface area contributed by atoms with E-state index < -0.39 is 24.0 Å². The van der Waals surface area contributed by atoms with Crippen LogP contribution in [0.3, 0.4) is 0 Å². The number of amides is 1. The minimum absolute atomic E-state index is 0.320. The summed E-state index contributed by atoms with van der Waals surface area (Å²) in [4.78, 5) is 22.8. The van der Waals surface area contributed by atoms with Crippen molar-refractivity contribution in [2.45, 2.75) is 45.4 Å². The first-order valence-corrected chi connectivity index (χ1v) is 6.73. The fraction of sp³-hybridized carbons (Fsp3) is 0.467. The highest BCUT2D eigenvalue weighted by Gasteiger charge is 2.22. The van der Waals surface area contributed by atoms with Crippen molar-refractivity contribution >= 4 is 11.9 Å². The van der Waals surface area contributed by atoms with Gasteiger partial charge in [0.15, 0.2) is 0 Å². The molecular formula is C15H21NO4. The van der Waals surface area contributed by atoms with E-state index >= 15 is 0 Å². The summed E-state index contributed by atoms with van der Waals surface area (Å²) < 4.78 is 5.44. The van der Waals surface area contributed by atoms with Crippen molar-refractivity contribution < 1.29 is 19.4 Å². The summed E-state index contributed by atoms with van der Waals surface area (Å²) in [6.07, 6.45) is 0.414. The Balaban J connectivity index is 2.44. The molecule has 0 aromatic heterocycles. The van der Waals surface area contributed by atoms with Gasteiger partial charge in [0.1, 0.15) is 12.1 Å². The predicted molar refractivity (Wildman–Crippen MR) is 75.2 cm³/mol. The maximum absolute atomic E-state index is 11.9. The van der Waals surface area contributed by atoms with Gasteiger partial charge in [-0.15, -0.1) is 0 Å². The number of carboxylic acids is 1. The van der Waals surface area contributed by atoms with Gasteiger partial charge in [-0.1, -0.05) is 43.7 Å². The van der Waals surface area contributed by atoms with Gasteiger partial charge in [0.25, 0.3) is 0 Å². The molecular weight excluding hydrogens is 258 g/mol. The summed E-state index contributed by atoms with van der Waals surface area (Å²) in [5.74, 6) is -1.42. The van der Waals surface area contributed by atoms with Crippen LogP contribution in [-0.2, 0) is 20.9 Å². The van der Waals surface area contributed by atoms with Gasteiger partial charge in [-0.3, -0.25) is 4.79 Å². The molecule has 2 atom stereocenters. The third-order valence-corrected chi connectivity index (χ3v) is 2.90. The number of carbonyl (C=O) groups is 2. The van der Waals surface area contributed by atoms with Crippen LogP contribution in [0.5, 0.6) is 0 Å². The lowest BCUT2D eigenvalue weighted by molar-refractivity contribution is -0.144. The molecule has 0 spiro atoms. The first-order valence-electron chi connectivity index (χ1n) is 6.73. The van der Waals surface area contributed by atoms with Gasteiger partial charge >= 0.3 is 5.97 Å². The molecule has 0 saturated heterocycles. The molecule has 20 heavy (non-hydrogen) atoms. The summed E-state index contributed by atoms with van der Waals surface area (Å²) in [6, 6.07) is 8.65. The molecule has 5 heteroatoms. The van der Waals surface area contributed by atoms with E-state index in [1.165, 1.54) is 0 Å². The Kier molecular flexibility index (Phi) is 6.73. The zero-order valence-electron chi connectivity index (χ0n) is 11.8. The minimum Gasteiger partial charge on any atom is -0.480 e. The quantitative estimate of drug-likeness (QED) is 0.762. The SMILES string of the molecule is CCC[C@H](NC(=O)C(C)OCc1ccccc1)C(=O)O. The molecule has 0 heterocycles. The van der Waals surface area contributed by atoms with Gasteiger partial charge in [0.2, 0.25) is 5.91 Å². The zero-order chi connectivity index (χ0) is 15.0. The second-order valence-corrected chi connectivity index (χ2v) is 4.63. The normalized spacial score (nSPS) is 13.5. The summed E-state index contributed by atoms with van der Waals surface area (Å²) >= 11 is 0. The van der Waals surface area contributed by atoms with Crippen molar-refractivity contribution in [1.29, 1.82) is 0 Å². The first kappa shape index (κ1) is 16.2. The van der Waals surface area contributed by atoms with Crippen molar-refractivity contribution in [3.05, 3.63) is 35.9 Å². The van der Waals surface area contributed by atoms with Crippen molar-refractivity contribution in [2.24, 2.45) is 0 Å². The summed E-state index contributed by atoms with van der Waals surface area (Å²) in [7, 11) is 0. The molecule has 2 N–H and O–H groups in total. The van der Waals surface area contributed by atoms with Crippen molar-refractivity contribution in [3.8, 4) is 0 Å². The molecule has 0 aliphatic rings. The van der Waals surface area contributed by atoms with E-state index in [0.717, 1.165) is 5.56 Å². The van der Waals surface area contributed by atoms with Gasteiger partial charge in [0, 0.05) is 0 Å². The number of ether oxygens (including phenoxy) is 1. The summed E-state index contributed by atoms with van der Waals surface area (Å²) in [6.45, 7) is 3.81. The van der Waals surface area contributed by atoms with Crippen molar-refractivity contribution in [3.63, 3.8) is 0 Å². The third kappa shape index (κ3) is 5.40. The van der Waals surface area contributed by atoms with Crippen molar-refractivity contribution in [2.75, 3.05) is 0 Å². The van der Waals surface area contributed by atoms with Crippen LogP contribution in [0.1, 0.15) is 32.3 Å². The van der Waals surface area contributed by atoms with Crippen LogP contribution in [0.15, 0.2) is 30.3 Å². The minimum atomic E-state index is -1.02. The fourth-order valence-electron chi connectivity index (χ4n) is 1.71. The van der Waals surface area contributed by atoms with Crippen LogP contribution < -0.4 is 5.32 Å². The van der Waals surface area contributed by atoms with Crippen molar-refractivity contribution in [1.82, 2.24) is 5.32 Å². The number of rotatable bonds is 8. The Labute approximate surface area is 118 Å². The molecule has 1 aromatic rings. The van der Waals surface area contributed by atoms with Gasteiger partial charge < -0.3 is 15.2 Å². The maximum Gasteiger partial charge on any atom is 0.326 e. The lowest BCUT2D eigenvalue weighted by atomic mass is 10.1. The van der Waals surface area contributed by atoms with Crippen LogP contribution in [0.4, 0.5) is 0 Å². The molecule has 5 nitrogen and oxygen atoms in total. The number of hydrogen-bond donors (Lipinski definition) is 2. The van der Waals surface area contributed by atoms with Crippen LogP contribution in [-0.4, -0.2) is 29.1 Å². The summed E-state index contributed by atoms with van der Waals surface area (Å²) in [5.41, 5.74) is 0.968. The van der Waals surface area contributed by atoms with Gasteiger partial charge in [0.05, 0.1) is 6.61 Å². The van der Waals surface area contributed by atoms with E-state index in [2.05, 4.69) is 5.32 Å². The molecule has 1 rings (SSSR count). The Hall–Kier alpha value is -1.88. The molecule has 0 bridgehead atoms. The zero-order valence-corrected chi connectivity index (χ0v) is 11.8. The largest absolute Gasteiger partial charge is 0.480 e. The van der Waals surface area contributed by atoms with E-state index in [0.29, 0.717) is 19.4 Å². The first-order chi connectivity index (χ1) is 9.54. The second kappa shape index (κ2) is 8.32. The molecule has 0 aliphatic heterocycles. The second-order valence-electron chi connectivity index (χ2n) is 4.63.